The van der Waals surface area contributed by atoms with Crippen molar-refractivity contribution in [3.63, 3.8) is 0 Å². The lowest BCUT2D eigenvalue weighted by Gasteiger charge is -2.05. The molecule has 0 saturated carbocycles. The first kappa shape index (κ1) is 12.1. The van der Waals surface area contributed by atoms with Crippen LogP contribution in [0.5, 0.6) is 0 Å². The third-order valence-electron chi connectivity index (χ3n) is 2.28. The summed E-state index contributed by atoms with van der Waals surface area (Å²) in [7, 11) is 0. The summed E-state index contributed by atoms with van der Waals surface area (Å²) in [6.07, 6.45) is 1.85. The highest BCUT2D eigenvalue weighted by molar-refractivity contribution is 9.10. The molecule has 0 saturated heterocycles. The van der Waals surface area contributed by atoms with E-state index >= 15 is 0 Å². The van der Waals surface area contributed by atoms with E-state index in [9.17, 15) is 0 Å². The average molecular weight is 296 g/mol. The van der Waals surface area contributed by atoms with Crippen LogP contribution in [-0.4, -0.2) is 16.4 Å². The average Bonchev–Trinajstić information content (AvgIpc) is 2.71. The largest absolute Gasteiger partial charge is 0.382 e. The van der Waals surface area contributed by atoms with Gasteiger partial charge < -0.3 is 10.5 Å². The molecule has 0 spiro atoms. The first-order chi connectivity index (χ1) is 8.24. The van der Waals surface area contributed by atoms with E-state index in [-0.39, 0.29) is 0 Å². The topological polar surface area (TPSA) is 53.1 Å². The Balaban J connectivity index is 1.73. The number of nitrogen functional groups attached to an aromatic ring is 1. The molecule has 0 fully saturated rings. The van der Waals surface area contributed by atoms with Gasteiger partial charge in [0.05, 0.1) is 19.8 Å². The van der Waals surface area contributed by atoms with E-state index < -0.39 is 0 Å². The van der Waals surface area contributed by atoms with Crippen LogP contribution < -0.4 is 5.73 Å². The van der Waals surface area contributed by atoms with Gasteiger partial charge >= 0.3 is 0 Å². The summed E-state index contributed by atoms with van der Waals surface area (Å²) in [6.45, 7) is 1.94. The van der Waals surface area contributed by atoms with Crippen molar-refractivity contribution < 1.29 is 4.74 Å². The minimum atomic E-state index is 0.539. The Labute approximate surface area is 109 Å². The second kappa shape index (κ2) is 5.84. The van der Waals surface area contributed by atoms with E-state index in [0.717, 1.165) is 10.0 Å². The van der Waals surface area contributed by atoms with Crippen molar-refractivity contribution in [3.8, 4) is 0 Å². The minimum absolute atomic E-state index is 0.539. The minimum Gasteiger partial charge on any atom is -0.382 e. The lowest BCUT2D eigenvalue weighted by atomic mass is 10.2. The van der Waals surface area contributed by atoms with Gasteiger partial charge in [-0.15, -0.1) is 0 Å². The lowest BCUT2D eigenvalue weighted by Crippen LogP contribution is -2.07. The highest BCUT2D eigenvalue weighted by Crippen LogP contribution is 2.12. The summed E-state index contributed by atoms with van der Waals surface area (Å²) < 4.78 is 8.41. The molecule has 0 aliphatic rings. The highest BCUT2D eigenvalue weighted by atomic mass is 79.9. The Morgan fingerprint density at radius 1 is 1.35 bits per heavy atom. The van der Waals surface area contributed by atoms with Crippen LogP contribution >= 0.6 is 15.9 Å². The maximum Gasteiger partial charge on any atom is 0.145 e. The summed E-state index contributed by atoms with van der Waals surface area (Å²) >= 11 is 3.43. The van der Waals surface area contributed by atoms with Gasteiger partial charge in [-0.1, -0.05) is 28.1 Å². The zero-order chi connectivity index (χ0) is 12.1. The number of nitrogens with two attached hydrogens (primary N) is 1. The van der Waals surface area contributed by atoms with Gasteiger partial charge in [-0.3, -0.25) is 4.68 Å². The summed E-state index contributed by atoms with van der Waals surface area (Å²) in [5, 5.41) is 4.08. The summed E-state index contributed by atoms with van der Waals surface area (Å²) in [6, 6.07) is 9.85. The van der Waals surface area contributed by atoms with Crippen LogP contribution in [0.1, 0.15) is 5.56 Å². The number of hydrogen-bond acceptors (Lipinski definition) is 3. The fourth-order valence-electron chi connectivity index (χ4n) is 1.48. The van der Waals surface area contributed by atoms with E-state index in [1.807, 2.05) is 30.5 Å². The summed E-state index contributed by atoms with van der Waals surface area (Å²) in [5.74, 6) is 0.539. The molecule has 5 heteroatoms. The van der Waals surface area contributed by atoms with Crippen LogP contribution in [0.15, 0.2) is 41.0 Å². The molecule has 0 amide bonds. The van der Waals surface area contributed by atoms with Gasteiger partial charge in [0.1, 0.15) is 5.82 Å². The third-order valence-corrected chi connectivity index (χ3v) is 2.78. The highest BCUT2D eigenvalue weighted by Gasteiger charge is 1.96. The fraction of sp³-hybridized carbons (Fsp3) is 0.250. The van der Waals surface area contributed by atoms with Crippen molar-refractivity contribution >= 4 is 21.7 Å². The third kappa shape index (κ3) is 3.87. The molecule has 0 bridgehead atoms. The molecular formula is C12H14BrN3O. The first-order valence-corrected chi connectivity index (χ1v) is 6.14. The van der Waals surface area contributed by atoms with E-state index in [2.05, 4.69) is 21.0 Å². The number of hydrogen-bond donors (Lipinski definition) is 1. The SMILES string of the molecule is Nc1ccn(CCOCc2cccc(Br)c2)n1. The predicted octanol–water partition coefficient (Wildman–Crippen LogP) is 2.44. The molecule has 0 aliphatic heterocycles. The van der Waals surface area contributed by atoms with Crippen LogP contribution in [0, 0.1) is 0 Å². The Hall–Kier alpha value is -1.33. The van der Waals surface area contributed by atoms with Crippen molar-refractivity contribution in [2.24, 2.45) is 0 Å². The maximum atomic E-state index is 5.57. The molecule has 1 aromatic heterocycles. The molecule has 2 rings (SSSR count). The molecule has 2 N–H and O–H groups in total. The van der Waals surface area contributed by atoms with Gasteiger partial charge in [0.15, 0.2) is 0 Å². The molecule has 0 aliphatic carbocycles. The van der Waals surface area contributed by atoms with Crippen molar-refractivity contribution in [2.45, 2.75) is 13.2 Å². The van der Waals surface area contributed by atoms with Crippen molar-refractivity contribution in [1.29, 1.82) is 0 Å². The van der Waals surface area contributed by atoms with E-state index in [1.165, 1.54) is 0 Å². The van der Waals surface area contributed by atoms with Crippen LogP contribution in [0.4, 0.5) is 5.82 Å². The van der Waals surface area contributed by atoms with Gasteiger partial charge in [-0.25, -0.2) is 0 Å². The quantitative estimate of drug-likeness (QED) is 0.862. The van der Waals surface area contributed by atoms with Gasteiger partial charge in [0.25, 0.3) is 0 Å². The van der Waals surface area contributed by atoms with Crippen LogP contribution in [0.3, 0.4) is 0 Å². The van der Waals surface area contributed by atoms with Crippen LogP contribution in [0.2, 0.25) is 0 Å². The Kier molecular flexibility index (Phi) is 4.17. The van der Waals surface area contributed by atoms with Gasteiger partial charge in [-0.05, 0) is 23.8 Å². The Morgan fingerprint density at radius 2 is 2.24 bits per heavy atom. The number of rotatable bonds is 5. The zero-order valence-electron chi connectivity index (χ0n) is 9.34. The van der Waals surface area contributed by atoms with Gasteiger partial charge in [0, 0.05) is 10.7 Å². The number of benzene rings is 1. The van der Waals surface area contributed by atoms with Crippen molar-refractivity contribution in [2.75, 3.05) is 12.3 Å². The molecule has 4 nitrogen and oxygen atoms in total. The number of ether oxygens (including phenoxy) is 1. The standard InChI is InChI=1S/C12H14BrN3O/c13-11-3-1-2-10(8-11)9-17-7-6-16-5-4-12(14)15-16/h1-5,8H,6-7,9H2,(H2,14,15). The predicted molar refractivity (Wildman–Crippen MR) is 70.4 cm³/mol. The monoisotopic (exact) mass is 295 g/mol. The van der Waals surface area contributed by atoms with Crippen molar-refractivity contribution in [1.82, 2.24) is 9.78 Å². The normalized spacial score (nSPS) is 10.6. The Morgan fingerprint density at radius 3 is 2.94 bits per heavy atom. The van der Waals surface area contributed by atoms with Crippen LogP contribution in [0.25, 0.3) is 0 Å². The molecule has 0 atom stereocenters. The molecule has 1 heterocycles. The summed E-state index contributed by atoms with van der Waals surface area (Å²) in [4.78, 5) is 0. The fourth-order valence-corrected chi connectivity index (χ4v) is 1.92. The molecular weight excluding hydrogens is 282 g/mol. The summed E-state index contributed by atoms with van der Waals surface area (Å²) in [5.41, 5.74) is 6.66. The van der Waals surface area contributed by atoms with E-state index in [1.54, 1.807) is 10.7 Å². The molecule has 90 valence electrons. The number of nitrogens with zero attached hydrogens (tertiary/aromatic N) is 2. The Bertz CT molecular complexity index is 484. The molecule has 17 heavy (non-hydrogen) atoms. The first-order valence-electron chi connectivity index (χ1n) is 5.35. The number of halogens is 1. The second-order valence-electron chi connectivity index (χ2n) is 3.69. The lowest BCUT2D eigenvalue weighted by molar-refractivity contribution is 0.111. The second-order valence-corrected chi connectivity index (χ2v) is 4.60. The van der Waals surface area contributed by atoms with Crippen molar-refractivity contribution in [3.05, 3.63) is 46.6 Å². The molecule has 0 radical (unpaired) electrons. The van der Waals surface area contributed by atoms with Gasteiger partial charge in [-0.2, -0.15) is 5.10 Å². The number of aromatic nitrogens is 2. The van der Waals surface area contributed by atoms with E-state index in [4.69, 9.17) is 10.5 Å². The molecule has 1 aromatic carbocycles. The zero-order valence-corrected chi connectivity index (χ0v) is 10.9. The smallest absolute Gasteiger partial charge is 0.145 e. The number of anilines is 1. The van der Waals surface area contributed by atoms with Gasteiger partial charge in [0.2, 0.25) is 0 Å². The van der Waals surface area contributed by atoms with Crippen LogP contribution in [-0.2, 0) is 17.9 Å². The van der Waals surface area contributed by atoms with E-state index in [0.29, 0.717) is 25.6 Å². The molecule has 0 unspecified atom stereocenters. The maximum absolute atomic E-state index is 5.57. The molecule has 2 aromatic rings.